The van der Waals surface area contributed by atoms with Gasteiger partial charge in [-0.25, -0.2) is 0 Å². The summed E-state index contributed by atoms with van der Waals surface area (Å²) in [5.74, 6) is 0.819. The number of hydrogen-bond acceptors (Lipinski definition) is 1. The number of alkyl halides is 3. The summed E-state index contributed by atoms with van der Waals surface area (Å²) in [5, 5.41) is 0. The van der Waals surface area contributed by atoms with Crippen LogP contribution in [0.1, 0.15) is 5.56 Å². The number of halogens is 3. The van der Waals surface area contributed by atoms with Crippen molar-refractivity contribution >= 4 is 43.5 Å². The zero-order valence-electron chi connectivity index (χ0n) is 6.35. The molecule has 1 rings (SSSR count). The van der Waals surface area contributed by atoms with Crippen molar-refractivity contribution in [3.8, 4) is 5.75 Å². The molecule has 0 spiro atoms. The molecule has 0 aromatic heterocycles. The van der Waals surface area contributed by atoms with E-state index in [0.717, 1.165) is 11.3 Å². The average Bonchev–Trinajstić information content (AvgIpc) is 2.03. The van der Waals surface area contributed by atoms with Crippen LogP contribution >= 0.6 is 43.5 Å². The van der Waals surface area contributed by atoms with Crippen LogP contribution in [0.5, 0.6) is 5.75 Å². The molecule has 1 aromatic carbocycles. The van der Waals surface area contributed by atoms with Crippen molar-refractivity contribution in [1.82, 2.24) is 0 Å². The molecule has 12 heavy (non-hydrogen) atoms. The Kier molecular flexibility index (Phi) is 3.44. The Labute approximate surface area is 93.3 Å². The number of methoxy groups -OCH3 is 1. The van der Waals surface area contributed by atoms with E-state index in [9.17, 15) is 0 Å². The second-order valence-corrected chi connectivity index (χ2v) is 7.15. The van der Waals surface area contributed by atoms with Crippen LogP contribution in [0.4, 0.5) is 0 Å². The van der Waals surface area contributed by atoms with Gasteiger partial charge >= 0.3 is 0 Å². The molecular formula is C8H7Br2ClO. The van der Waals surface area contributed by atoms with Crippen molar-refractivity contribution in [1.29, 1.82) is 0 Å². The summed E-state index contributed by atoms with van der Waals surface area (Å²) in [7, 11) is 1.63. The van der Waals surface area contributed by atoms with Crippen molar-refractivity contribution in [2.45, 2.75) is 2.69 Å². The summed E-state index contributed by atoms with van der Waals surface area (Å²) in [6, 6.07) is 7.48. The molecule has 0 unspecified atom stereocenters. The zero-order chi connectivity index (χ0) is 9.19. The number of hydrogen-bond donors (Lipinski definition) is 0. The van der Waals surface area contributed by atoms with Gasteiger partial charge in [0, 0.05) is 0 Å². The van der Waals surface area contributed by atoms with Gasteiger partial charge in [-0.1, -0.05) is 23.7 Å². The minimum Gasteiger partial charge on any atom is -0.497 e. The lowest BCUT2D eigenvalue weighted by Crippen LogP contribution is -1.97. The van der Waals surface area contributed by atoms with Crippen LogP contribution in [0, 0.1) is 0 Å². The summed E-state index contributed by atoms with van der Waals surface area (Å²) in [5.41, 5.74) is 0.935. The van der Waals surface area contributed by atoms with Crippen LogP contribution < -0.4 is 4.74 Å². The van der Waals surface area contributed by atoms with Crippen LogP contribution in [0.2, 0.25) is 0 Å². The second-order valence-electron chi connectivity index (χ2n) is 2.23. The van der Waals surface area contributed by atoms with Crippen molar-refractivity contribution in [2.24, 2.45) is 0 Å². The van der Waals surface area contributed by atoms with Gasteiger partial charge in [0.15, 0.2) is 2.69 Å². The van der Waals surface area contributed by atoms with E-state index in [-0.39, 0.29) is 0 Å². The number of benzene rings is 1. The molecule has 1 aromatic rings. The smallest absolute Gasteiger partial charge is 0.178 e. The molecule has 0 amide bonds. The van der Waals surface area contributed by atoms with Gasteiger partial charge in [0.05, 0.1) is 7.11 Å². The van der Waals surface area contributed by atoms with Crippen LogP contribution in [-0.2, 0) is 2.69 Å². The molecule has 0 saturated carbocycles. The summed E-state index contributed by atoms with van der Waals surface area (Å²) >= 11 is 12.5. The molecule has 0 N–H and O–H groups in total. The van der Waals surface area contributed by atoms with E-state index in [1.165, 1.54) is 0 Å². The standard InChI is InChI=1S/C8H7Br2ClO/c1-12-7-4-2-6(3-5-7)8(9,10)11/h2-5H,1H3. The quantitative estimate of drug-likeness (QED) is 0.754. The maximum Gasteiger partial charge on any atom is 0.178 e. The Morgan fingerprint density at radius 2 is 1.75 bits per heavy atom. The van der Waals surface area contributed by atoms with E-state index >= 15 is 0 Å². The van der Waals surface area contributed by atoms with Gasteiger partial charge in [-0.2, -0.15) is 0 Å². The third-order valence-electron chi connectivity index (χ3n) is 1.42. The van der Waals surface area contributed by atoms with E-state index in [0.29, 0.717) is 0 Å². The van der Waals surface area contributed by atoms with Gasteiger partial charge in [0.1, 0.15) is 5.75 Å². The fraction of sp³-hybridized carbons (Fsp3) is 0.250. The summed E-state index contributed by atoms with van der Waals surface area (Å²) in [6.07, 6.45) is 0. The Morgan fingerprint density at radius 1 is 1.25 bits per heavy atom. The molecule has 4 heteroatoms. The fourth-order valence-electron chi connectivity index (χ4n) is 0.780. The topological polar surface area (TPSA) is 9.23 Å². The van der Waals surface area contributed by atoms with Crippen LogP contribution in [0.3, 0.4) is 0 Å². The Hall–Kier alpha value is 0.270. The van der Waals surface area contributed by atoms with E-state index in [2.05, 4.69) is 31.9 Å². The van der Waals surface area contributed by atoms with E-state index in [1.54, 1.807) is 7.11 Å². The predicted octanol–water partition coefficient (Wildman–Crippen LogP) is 3.83. The van der Waals surface area contributed by atoms with Crippen LogP contribution in [0.25, 0.3) is 0 Å². The van der Waals surface area contributed by atoms with Crippen LogP contribution in [-0.4, -0.2) is 7.11 Å². The highest BCUT2D eigenvalue weighted by molar-refractivity contribution is 9.25. The molecule has 0 fully saturated rings. The molecule has 0 aliphatic heterocycles. The number of ether oxygens (including phenoxy) is 1. The molecule has 0 saturated heterocycles. The highest BCUT2D eigenvalue weighted by atomic mass is 79.9. The first-order valence-electron chi connectivity index (χ1n) is 3.25. The first-order valence-corrected chi connectivity index (χ1v) is 5.21. The van der Waals surface area contributed by atoms with Crippen molar-refractivity contribution in [3.05, 3.63) is 29.8 Å². The van der Waals surface area contributed by atoms with Gasteiger partial charge in [-0.05, 0) is 49.6 Å². The van der Waals surface area contributed by atoms with E-state index in [4.69, 9.17) is 16.3 Å². The summed E-state index contributed by atoms with van der Waals surface area (Å²) < 4.78 is 4.33. The average molecular weight is 314 g/mol. The molecule has 66 valence electrons. The van der Waals surface area contributed by atoms with Gasteiger partial charge in [-0.15, -0.1) is 0 Å². The lowest BCUT2D eigenvalue weighted by molar-refractivity contribution is 0.414. The Morgan fingerprint density at radius 3 is 2.08 bits per heavy atom. The van der Waals surface area contributed by atoms with Crippen molar-refractivity contribution < 1.29 is 4.74 Å². The van der Waals surface area contributed by atoms with E-state index in [1.807, 2.05) is 24.3 Å². The van der Waals surface area contributed by atoms with Gasteiger partial charge in [0.25, 0.3) is 0 Å². The largest absolute Gasteiger partial charge is 0.497 e. The molecule has 0 heterocycles. The molecule has 0 radical (unpaired) electrons. The minimum absolute atomic E-state index is 0.674. The normalized spacial score (nSPS) is 11.3. The summed E-state index contributed by atoms with van der Waals surface area (Å²) in [6.45, 7) is 0. The predicted molar refractivity (Wildman–Crippen MR) is 58.4 cm³/mol. The van der Waals surface area contributed by atoms with Crippen molar-refractivity contribution in [2.75, 3.05) is 7.11 Å². The third-order valence-corrected chi connectivity index (χ3v) is 2.55. The summed E-state index contributed by atoms with van der Waals surface area (Å²) in [4.78, 5) is 0. The first kappa shape index (κ1) is 10.4. The van der Waals surface area contributed by atoms with Crippen LogP contribution in [0.15, 0.2) is 24.3 Å². The first-order chi connectivity index (χ1) is 5.54. The van der Waals surface area contributed by atoms with Gasteiger partial charge in [0.2, 0.25) is 0 Å². The molecule has 0 bridgehead atoms. The Bertz CT molecular complexity index is 253. The fourth-order valence-corrected chi connectivity index (χ4v) is 1.43. The molecular weight excluding hydrogens is 307 g/mol. The van der Waals surface area contributed by atoms with E-state index < -0.39 is 2.69 Å². The third kappa shape index (κ3) is 2.64. The van der Waals surface area contributed by atoms with Gasteiger partial charge < -0.3 is 4.74 Å². The highest BCUT2D eigenvalue weighted by Crippen LogP contribution is 2.42. The minimum atomic E-state index is -0.674. The molecule has 0 aliphatic carbocycles. The molecule has 0 atom stereocenters. The van der Waals surface area contributed by atoms with Gasteiger partial charge in [-0.3, -0.25) is 0 Å². The second kappa shape index (κ2) is 3.99. The lowest BCUT2D eigenvalue weighted by Gasteiger charge is -2.11. The maximum absolute atomic E-state index is 5.95. The lowest BCUT2D eigenvalue weighted by atomic mass is 10.2. The molecule has 1 nitrogen and oxygen atoms in total. The SMILES string of the molecule is COc1ccc(C(Cl)(Br)Br)cc1. The highest BCUT2D eigenvalue weighted by Gasteiger charge is 2.20. The number of rotatable bonds is 2. The zero-order valence-corrected chi connectivity index (χ0v) is 10.3. The van der Waals surface area contributed by atoms with Crippen molar-refractivity contribution in [3.63, 3.8) is 0 Å². The molecule has 0 aliphatic rings. The maximum atomic E-state index is 5.95. The Balaban J connectivity index is 2.93. The monoisotopic (exact) mass is 312 g/mol.